The molecular weight excluding hydrogens is 164 g/mol. The second-order valence-corrected chi connectivity index (χ2v) is 4.78. The van der Waals surface area contributed by atoms with Crippen LogP contribution >= 0.6 is 0 Å². The van der Waals surface area contributed by atoms with E-state index in [4.69, 9.17) is 4.74 Å². The Labute approximate surface area is 78.0 Å². The zero-order valence-corrected chi connectivity index (χ0v) is 7.99. The second kappa shape index (κ2) is 1.99. The minimum absolute atomic E-state index is 0.00546. The summed E-state index contributed by atoms with van der Waals surface area (Å²) < 4.78 is 4.83. The predicted molar refractivity (Wildman–Crippen MR) is 47.8 cm³/mol. The van der Waals surface area contributed by atoms with Crippen molar-refractivity contribution >= 4 is 5.97 Å². The molecule has 0 aromatic carbocycles. The first-order valence-corrected chi connectivity index (χ1v) is 4.95. The minimum atomic E-state index is 0.00546. The fraction of sp³-hybridized carbons (Fsp3) is 0.727. The van der Waals surface area contributed by atoms with Gasteiger partial charge in [0.25, 0.3) is 0 Å². The molecule has 2 bridgehead atoms. The van der Waals surface area contributed by atoms with Crippen LogP contribution in [0.3, 0.4) is 0 Å². The molecule has 0 saturated heterocycles. The number of rotatable bonds is 1. The van der Waals surface area contributed by atoms with Crippen molar-refractivity contribution < 1.29 is 9.53 Å². The lowest BCUT2D eigenvalue weighted by Crippen LogP contribution is -2.16. The molecule has 2 heteroatoms. The van der Waals surface area contributed by atoms with Crippen LogP contribution in [-0.4, -0.2) is 13.1 Å². The van der Waals surface area contributed by atoms with Crippen molar-refractivity contribution in [2.45, 2.75) is 13.3 Å². The fourth-order valence-electron chi connectivity index (χ4n) is 3.74. The van der Waals surface area contributed by atoms with Gasteiger partial charge in [-0.3, -0.25) is 4.79 Å². The van der Waals surface area contributed by atoms with Crippen LogP contribution in [0.5, 0.6) is 0 Å². The number of hydrogen-bond acceptors (Lipinski definition) is 2. The first kappa shape index (κ1) is 7.60. The fourth-order valence-corrected chi connectivity index (χ4v) is 3.74. The van der Waals surface area contributed by atoms with Crippen molar-refractivity contribution in [1.82, 2.24) is 0 Å². The third kappa shape index (κ3) is 0.651. The van der Waals surface area contributed by atoms with Gasteiger partial charge >= 0.3 is 5.97 Å². The largest absolute Gasteiger partial charge is 0.469 e. The van der Waals surface area contributed by atoms with Gasteiger partial charge in [-0.25, -0.2) is 0 Å². The summed E-state index contributed by atoms with van der Waals surface area (Å²) in [6.07, 6.45) is 5.86. The van der Waals surface area contributed by atoms with Crippen LogP contribution in [0, 0.1) is 29.1 Å². The molecule has 2 nitrogen and oxygen atoms in total. The highest BCUT2D eigenvalue weighted by Crippen LogP contribution is 2.75. The number of allylic oxidation sites excluding steroid dienone is 2. The summed E-state index contributed by atoms with van der Waals surface area (Å²) in [5.74, 6) is 2.10. The molecule has 2 fully saturated rings. The summed E-state index contributed by atoms with van der Waals surface area (Å²) in [7, 11) is 1.50. The molecule has 0 amide bonds. The Morgan fingerprint density at radius 2 is 2.31 bits per heavy atom. The summed E-state index contributed by atoms with van der Waals surface area (Å²) in [5.41, 5.74) is 0.256. The molecule has 5 atom stereocenters. The summed E-state index contributed by atoms with van der Waals surface area (Å²) in [6.45, 7) is 2.24. The van der Waals surface area contributed by atoms with Gasteiger partial charge in [0.05, 0.1) is 13.0 Å². The number of methoxy groups -OCH3 is 1. The molecule has 70 valence electrons. The number of ether oxygens (including phenoxy) is 1. The van der Waals surface area contributed by atoms with Crippen molar-refractivity contribution in [3.63, 3.8) is 0 Å². The summed E-state index contributed by atoms with van der Waals surface area (Å²) in [6, 6.07) is 0. The van der Waals surface area contributed by atoms with E-state index in [9.17, 15) is 4.79 Å². The number of hydrogen-bond donors (Lipinski definition) is 0. The monoisotopic (exact) mass is 178 g/mol. The molecule has 0 unspecified atom stereocenters. The second-order valence-electron chi connectivity index (χ2n) is 4.78. The third-order valence-electron chi connectivity index (χ3n) is 4.47. The van der Waals surface area contributed by atoms with E-state index in [0.717, 1.165) is 0 Å². The zero-order chi connectivity index (χ0) is 9.22. The van der Waals surface area contributed by atoms with Crippen LogP contribution in [-0.2, 0) is 9.53 Å². The third-order valence-corrected chi connectivity index (χ3v) is 4.47. The van der Waals surface area contributed by atoms with Crippen molar-refractivity contribution in [2.24, 2.45) is 29.1 Å². The van der Waals surface area contributed by atoms with Gasteiger partial charge in [0.15, 0.2) is 0 Å². The standard InChI is InChI=1S/C11H14O2/c1-11-7-4-3-6(5-7)8(11)9(11)10(12)13-2/h3-4,6-9H,5H2,1-2H3/t6-,7+,8+,9-,11+/m0/s1. The number of carbonyl (C=O) groups excluding carboxylic acids is 1. The Morgan fingerprint density at radius 3 is 2.85 bits per heavy atom. The Balaban J connectivity index is 1.90. The molecule has 0 aromatic heterocycles. The van der Waals surface area contributed by atoms with E-state index in [1.54, 1.807) is 0 Å². The van der Waals surface area contributed by atoms with Crippen LogP contribution in [0.15, 0.2) is 12.2 Å². The molecule has 0 aromatic rings. The SMILES string of the molecule is COC(=O)[C@@H]1[C@H]2[C@H]3C=C[C@H](C3)[C@]21C. The molecule has 3 aliphatic rings. The predicted octanol–water partition coefficient (Wildman–Crippen LogP) is 1.62. The molecule has 0 radical (unpaired) electrons. The minimum Gasteiger partial charge on any atom is -0.469 e. The number of esters is 1. The average molecular weight is 178 g/mol. The van der Waals surface area contributed by atoms with Crippen LogP contribution < -0.4 is 0 Å². The van der Waals surface area contributed by atoms with E-state index in [0.29, 0.717) is 17.8 Å². The maximum Gasteiger partial charge on any atom is 0.309 e. The molecule has 2 saturated carbocycles. The molecule has 0 N–H and O–H groups in total. The van der Waals surface area contributed by atoms with Crippen LogP contribution in [0.4, 0.5) is 0 Å². The Hall–Kier alpha value is -0.790. The summed E-state index contributed by atoms with van der Waals surface area (Å²) >= 11 is 0. The smallest absolute Gasteiger partial charge is 0.309 e. The topological polar surface area (TPSA) is 26.3 Å². The van der Waals surface area contributed by atoms with Gasteiger partial charge in [0, 0.05) is 0 Å². The number of fused-ring (bicyclic) bond motifs is 5. The highest BCUT2D eigenvalue weighted by atomic mass is 16.5. The lowest BCUT2D eigenvalue weighted by Gasteiger charge is -2.14. The van der Waals surface area contributed by atoms with E-state index in [-0.39, 0.29) is 17.3 Å². The maximum absolute atomic E-state index is 11.5. The zero-order valence-electron chi connectivity index (χ0n) is 7.99. The van der Waals surface area contributed by atoms with Crippen molar-refractivity contribution in [2.75, 3.05) is 7.11 Å². The van der Waals surface area contributed by atoms with E-state index >= 15 is 0 Å². The highest BCUT2D eigenvalue weighted by molar-refractivity contribution is 5.78. The molecule has 0 heterocycles. The highest BCUT2D eigenvalue weighted by Gasteiger charge is 2.75. The van der Waals surface area contributed by atoms with Crippen LogP contribution in [0.25, 0.3) is 0 Å². The van der Waals surface area contributed by atoms with E-state index in [1.807, 2.05) is 0 Å². The quantitative estimate of drug-likeness (QED) is 0.450. The Morgan fingerprint density at radius 1 is 1.54 bits per heavy atom. The molecule has 3 aliphatic carbocycles. The summed E-state index contributed by atoms with van der Waals surface area (Å²) in [4.78, 5) is 11.5. The van der Waals surface area contributed by atoms with Gasteiger partial charge in [-0.05, 0) is 29.6 Å². The van der Waals surface area contributed by atoms with Gasteiger partial charge in [0.2, 0.25) is 0 Å². The molecule has 13 heavy (non-hydrogen) atoms. The average Bonchev–Trinajstić information content (AvgIpc) is 2.48. The van der Waals surface area contributed by atoms with Crippen LogP contribution in [0.2, 0.25) is 0 Å². The van der Waals surface area contributed by atoms with Gasteiger partial charge in [-0.2, -0.15) is 0 Å². The summed E-state index contributed by atoms with van der Waals surface area (Å²) in [5, 5.41) is 0. The molecule has 3 rings (SSSR count). The van der Waals surface area contributed by atoms with E-state index < -0.39 is 0 Å². The molecule has 0 aliphatic heterocycles. The first-order valence-electron chi connectivity index (χ1n) is 4.95. The Bertz CT molecular complexity index is 307. The van der Waals surface area contributed by atoms with Gasteiger partial charge in [-0.15, -0.1) is 0 Å². The van der Waals surface area contributed by atoms with Crippen molar-refractivity contribution in [3.8, 4) is 0 Å². The van der Waals surface area contributed by atoms with Gasteiger partial charge in [0.1, 0.15) is 0 Å². The molecule has 0 spiro atoms. The first-order chi connectivity index (χ1) is 6.19. The van der Waals surface area contributed by atoms with E-state index in [1.165, 1.54) is 13.5 Å². The maximum atomic E-state index is 11.5. The Kier molecular flexibility index (Phi) is 1.17. The van der Waals surface area contributed by atoms with Crippen molar-refractivity contribution in [3.05, 3.63) is 12.2 Å². The molecular formula is C11H14O2. The van der Waals surface area contributed by atoms with Crippen LogP contribution in [0.1, 0.15) is 13.3 Å². The lowest BCUT2D eigenvalue weighted by atomic mass is 9.90. The van der Waals surface area contributed by atoms with E-state index in [2.05, 4.69) is 19.1 Å². The lowest BCUT2D eigenvalue weighted by molar-refractivity contribution is -0.143. The van der Waals surface area contributed by atoms with Gasteiger partial charge < -0.3 is 4.74 Å². The number of carbonyl (C=O) groups is 1. The van der Waals surface area contributed by atoms with Gasteiger partial charge in [-0.1, -0.05) is 19.1 Å². The van der Waals surface area contributed by atoms with Crippen molar-refractivity contribution in [1.29, 1.82) is 0 Å². The normalized spacial score (nSPS) is 54.9.